The van der Waals surface area contributed by atoms with Gasteiger partial charge in [0.15, 0.2) is 0 Å². The zero-order valence-corrected chi connectivity index (χ0v) is 13.8. The molecule has 2 N–H and O–H groups in total. The van der Waals surface area contributed by atoms with Crippen LogP contribution >= 0.6 is 0 Å². The number of phenolic OH excluding ortho intramolecular Hbond substituents is 1. The Balaban J connectivity index is 1.76. The molecule has 4 fully saturated rings. The van der Waals surface area contributed by atoms with Crippen LogP contribution in [0, 0.1) is 24.7 Å². The lowest BCUT2D eigenvalue weighted by atomic mass is 9.48. The fourth-order valence-corrected chi connectivity index (χ4v) is 5.79. The summed E-state index contributed by atoms with van der Waals surface area (Å²) in [6, 6.07) is 5.64. The van der Waals surface area contributed by atoms with E-state index < -0.39 is 0 Å². The van der Waals surface area contributed by atoms with Crippen molar-refractivity contribution in [3.05, 3.63) is 29.3 Å². The van der Waals surface area contributed by atoms with Crippen LogP contribution in [0.4, 0.5) is 0 Å². The number of phenols is 1. The molecule has 0 aliphatic heterocycles. The molecule has 124 valence electrons. The first kappa shape index (κ1) is 15.0. The highest BCUT2D eigenvalue weighted by Crippen LogP contribution is 2.63. The molecule has 4 aliphatic rings. The summed E-state index contributed by atoms with van der Waals surface area (Å²) in [6.45, 7) is 3.60. The Hall–Kier alpha value is -1.55. The van der Waals surface area contributed by atoms with Crippen molar-refractivity contribution >= 4 is 5.91 Å². The summed E-state index contributed by atoms with van der Waals surface area (Å²) < 4.78 is 0. The van der Waals surface area contributed by atoms with Gasteiger partial charge < -0.3 is 5.11 Å². The number of carbonyl (C=O) groups excluding carboxylic acids is 1. The Labute approximate surface area is 137 Å². The first-order valence-corrected chi connectivity index (χ1v) is 8.71. The largest absolute Gasteiger partial charge is 0.508 e. The molecule has 4 saturated carbocycles. The van der Waals surface area contributed by atoms with E-state index in [1.54, 1.807) is 6.07 Å². The third-order valence-corrected chi connectivity index (χ3v) is 6.24. The van der Waals surface area contributed by atoms with Crippen LogP contribution in [0.1, 0.15) is 56.1 Å². The molecule has 23 heavy (non-hydrogen) atoms. The maximum absolute atomic E-state index is 11.4. The van der Waals surface area contributed by atoms with Crippen molar-refractivity contribution in [2.45, 2.75) is 57.5 Å². The standard InChI is InChI=1S/C19H25NO3/c1-11-3-4-16(22)8-17(11)18-15-6-13-5-14(7-15)10-19(18,9-13)23-20-12(2)21/h3-4,8,13-15,18,22H,5-7,9-10H2,1-2H3,(H,20,21). The Morgan fingerprint density at radius 1 is 1.26 bits per heavy atom. The van der Waals surface area contributed by atoms with Gasteiger partial charge >= 0.3 is 0 Å². The number of hydrogen-bond donors (Lipinski definition) is 2. The molecule has 4 bridgehead atoms. The van der Waals surface area contributed by atoms with E-state index in [0.29, 0.717) is 11.7 Å². The third-order valence-electron chi connectivity index (χ3n) is 6.24. The second kappa shape index (κ2) is 5.23. The van der Waals surface area contributed by atoms with Gasteiger partial charge in [-0.1, -0.05) is 6.07 Å². The number of aromatic hydroxyl groups is 1. The van der Waals surface area contributed by atoms with Crippen molar-refractivity contribution in [3.63, 3.8) is 0 Å². The highest BCUT2D eigenvalue weighted by atomic mass is 16.7. The highest BCUT2D eigenvalue weighted by Gasteiger charge is 2.59. The normalized spacial score (nSPS) is 37.8. The van der Waals surface area contributed by atoms with Gasteiger partial charge in [-0.2, -0.15) is 0 Å². The number of aryl methyl sites for hydroxylation is 1. The Kier molecular flexibility index (Phi) is 3.41. The van der Waals surface area contributed by atoms with E-state index in [-0.39, 0.29) is 17.4 Å². The number of amides is 1. The van der Waals surface area contributed by atoms with Gasteiger partial charge in [0.05, 0.1) is 0 Å². The lowest BCUT2D eigenvalue weighted by molar-refractivity contribution is -0.211. The summed E-state index contributed by atoms with van der Waals surface area (Å²) in [6.07, 6.45) is 5.84. The predicted molar refractivity (Wildman–Crippen MR) is 86.8 cm³/mol. The number of rotatable bonds is 3. The first-order chi connectivity index (χ1) is 11.0. The van der Waals surface area contributed by atoms with Crippen molar-refractivity contribution in [2.75, 3.05) is 0 Å². The molecular weight excluding hydrogens is 290 g/mol. The van der Waals surface area contributed by atoms with Crippen LogP contribution < -0.4 is 5.48 Å². The smallest absolute Gasteiger partial charge is 0.240 e. The fourth-order valence-electron chi connectivity index (χ4n) is 5.79. The molecule has 0 spiro atoms. The summed E-state index contributed by atoms with van der Waals surface area (Å²) in [5.74, 6) is 2.45. The second-order valence-corrected chi connectivity index (χ2v) is 7.95. The lowest BCUT2D eigenvalue weighted by Gasteiger charge is -2.60. The quantitative estimate of drug-likeness (QED) is 0.840. The summed E-state index contributed by atoms with van der Waals surface area (Å²) in [5.41, 5.74) is 4.72. The van der Waals surface area contributed by atoms with Crippen LogP contribution in [-0.2, 0) is 9.63 Å². The average Bonchev–Trinajstić information content (AvgIpc) is 2.48. The van der Waals surface area contributed by atoms with E-state index in [1.165, 1.54) is 37.3 Å². The monoisotopic (exact) mass is 315 g/mol. The maximum Gasteiger partial charge on any atom is 0.240 e. The molecular formula is C19H25NO3. The van der Waals surface area contributed by atoms with E-state index in [1.807, 2.05) is 12.1 Å². The zero-order valence-electron chi connectivity index (χ0n) is 13.8. The topological polar surface area (TPSA) is 58.6 Å². The lowest BCUT2D eigenvalue weighted by Crippen LogP contribution is -2.59. The van der Waals surface area contributed by atoms with Gasteiger partial charge in [0.1, 0.15) is 11.4 Å². The van der Waals surface area contributed by atoms with Crippen LogP contribution in [0.15, 0.2) is 18.2 Å². The molecule has 4 aliphatic carbocycles. The van der Waals surface area contributed by atoms with Crippen molar-refractivity contribution < 1.29 is 14.7 Å². The maximum atomic E-state index is 11.4. The molecule has 1 aromatic rings. The van der Waals surface area contributed by atoms with Gasteiger partial charge in [0.2, 0.25) is 5.91 Å². The molecule has 4 heteroatoms. The van der Waals surface area contributed by atoms with Crippen LogP contribution in [0.5, 0.6) is 5.75 Å². The van der Waals surface area contributed by atoms with E-state index in [2.05, 4.69) is 12.4 Å². The van der Waals surface area contributed by atoms with Crippen LogP contribution in [0.2, 0.25) is 0 Å². The minimum atomic E-state index is -0.307. The van der Waals surface area contributed by atoms with Crippen molar-refractivity contribution in [2.24, 2.45) is 17.8 Å². The number of carbonyl (C=O) groups is 1. The zero-order chi connectivity index (χ0) is 16.2. The number of nitrogens with one attached hydrogen (secondary N) is 1. The molecule has 1 amide bonds. The van der Waals surface area contributed by atoms with Gasteiger partial charge in [0.25, 0.3) is 0 Å². The molecule has 3 unspecified atom stereocenters. The molecule has 0 aromatic heterocycles. The minimum Gasteiger partial charge on any atom is -0.508 e. The van der Waals surface area contributed by atoms with Gasteiger partial charge in [-0.3, -0.25) is 9.63 Å². The van der Waals surface area contributed by atoms with Crippen LogP contribution in [-0.4, -0.2) is 16.6 Å². The molecule has 4 nitrogen and oxygen atoms in total. The Bertz CT molecular complexity index is 628. The molecule has 1 aromatic carbocycles. The molecule has 3 atom stereocenters. The van der Waals surface area contributed by atoms with E-state index in [4.69, 9.17) is 4.84 Å². The second-order valence-electron chi connectivity index (χ2n) is 7.95. The summed E-state index contributed by atoms with van der Waals surface area (Å²) in [7, 11) is 0. The third kappa shape index (κ3) is 2.44. The highest BCUT2D eigenvalue weighted by molar-refractivity contribution is 5.71. The molecule has 5 rings (SSSR count). The van der Waals surface area contributed by atoms with Crippen molar-refractivity contribution in [1.29, 1.82) is 0 Å². The summed E-state index contributed by atoms with van der Waals surface area (Å²) >= 11 is 0. The average molecular weight is 315 g/mol. The van der Waals surface area contributed by atoms with E-state index in [0.717, 1.165) is 24.7 Å². The summed E-state index contributed by atoms with van der Waals surface area (Å²) in [5, 5.41) is 9.98. The van der Waals surface area contributed by atoms with E-state index >= 15 is 0 Å². The Morgan fingerprint density at radius 2 is 1.96 bits per heavy atom. The fraction of sp³-hybridized carbons (Fsp3) is 0.632. The minimum absolute atomic E-state index is 0.146. The van der Waals surface area contributed by atoms with Gasteiger partial charge in [-0.15, -0.1) is 0 Å². The van der Waals surface area contributed by atoms with Crippen molar-refractivity contribution in [3.8, 4) is 5.75 Å². The molecule has 0 saturated heterocycles. The summed E-state index contributed by atoms with van der Waals surface area (Å²) in [4.78, 5) is 17.5. The van der Waals surface area contributed by atoms with E-state index in [9.17, 15) is 9.90 Å². The molecule has 0 radical (unpaired) electrons. The van der Waals surface area contributed by atoms with Gasteiger partial charge in [-0.25, -0.2) is 5.48 Å². The first-order valence-electron chi connectivity index (χ1n) is 8.71. The van der Waals surface area contributed by atoms with Crippen LogP contribution in [0.25, 0.3) is 0 Å². The Morgan fingerprint density at radius 3 is 2.61 bits per heavy atom. The van der Waals surface area contributed by atoms with Gasteiger partial charge in [0, 0.05) is 12.8 Å². The van der Waals surface area contributed by atoms with Gasteiger partial charge in [-0.05, 0) is 80.0 Å². The SMILES string of the molecule is CC(=O)NOC12CC3CC(CC(C3)C1c1cc(O)ccc1C)C2. The number of hydroxylamine groups is 1. The molecule has 0 heterocycles. The van der Waals surface area contributed by atoms with Crippen LogP contribution in [0.3, 0.4) is 0 Å². The number of hydrogen-bond acceptors (Lipinski definition) is 3. The number of benzene rings is 1. The predicted octanol–water partition coefficient (Wildman–Crippen LogP) is 3.43. The van der Waals surface area contributed by atoms with Crippen molar-refractivity contribution in [1.82, 2.24) is 5.48 Å².